The number of benzene rings is 3. The Balaban J connectivity index is 0.000000251. The number of ketones is 1. The molecule has 5 nitrogen and oxygen atoms in total. The van der Waals surface area contributed by atoms with Crippen molar-refractivity contribution in [3.63, 3.8) is 0 Å². The maximum atomic E-state index is 12.1. The molecule has 35 heavy (non-hydrogen) atoms. The smallest absolute Gasteiger partial charge is 0.253 e. The van der Waals surface area contributed by atoms with Gasteiger partial charge in [-0.25, -0.2) is 0 Å². The second kappa shape index (κ2) is 13.9. The quantitative estimate of drug-likeness (QED) is 0.277. The van der Waals surface area contributed by atoms with Crippen molar-refractivity contribution >= 4 is 17.4 Å². The van der Waals surface area contributed by atoms with Gasteiger partial charge in [0.1, 0.15) is 11.5 Å². The zero-order valence-corrected chi connectivity index (χ0v) is 22.3. The maximum Gasteiger partial charge on any atom is 0.253 e. The fraction of sp³-hybridized carbons (Fsp3) is 0.345. The minimum absolute atomic E-state index is 0.0671. The number of hydrogen-bond donors (Lipinski definition) is 1. The molecule has 1 N–H and O–H groups in total. The fourth-order valence-corrected chi connectivity index (χ4v) is 3.50. The third kappa shape index (κ3) is 11.4. The van der Waals surface area contributed by atoms with Crippen LogP contribution in [-0.4, -0.2) is 49.2 Å². The number of para-hydroxylation sites is 2. The Labute approximate surface area is 215 Å². The van der Waals surface area contributed by atoms with Gasteiger partial charge in [0.05, 0.1) is 12.6 Å². The maximum absolute atomic E-state index is 12.1. The lowest BCUT2D eigenvalue weighted by atomic mass is 10.0. The second-order valence-electron chi connectivity index (χ2n) is 9.54. The Morgan fingerprint density at radius 3 is 1.83 bits per heavy atom. The summed E-state index contributed by atoms with van der Waals surface area (Å²) in [6, 6.07) is 26.3. The Morgan fingerprint density at radius 1 is 0.886 bits per heavy atom. The number of ether oxygens (including phenoxy) is 2. The highest BCUT2D eigenvalue weighted by Gasteiger charge is 2.20. The molecule has 1 unspecified atom stereocenters. The highest BCUT2D eigenvalue weighted by Crippen LogP contribution is 2.16. The van der Waals surface area contributed by atoms with E-state index in [9.17, 15) is 4.79 Å². The molecular weight excluding hydrogens is 460 g/mol. The van der Waals surface area contributed by atoms with Crippen molar-refractivity contribution in [3.05, 3.63) is 95.5 Å². The minimum atomic E-state index is -0.334. The summed E-state index contributed by atoms with van der Waals surface area (Å²) in [4.78, 5) is 14.1. The predicted octanol–water partition coefficient (Wildman–Crippen LogP) is 6.33. The summed E-state index contributed by atoms with van der Waals surface area (Å²) in [7, 11) is 3.99. The van der Waals surface area contributed by atoms with Crippen molar-refractivity contribution < 1.29 is 14.3 Å². The second-order valence-corrected chi connectivity index (χ2v) is 9.98. The van der Waals surface area contributed by atoms with Crippen LogP contribution in [0.4, 0.5) is 0 Å². The monoisotopic (exact) mass is 496 g/mol. The first kappa shape index (κ1) is 28.4. The summed E-state index contributed by atoms with van der Waals surface area (Å²) in [5, 5.41) is 3.84. The van der Waals surface area contributed by atoms with Gasteiger partial charge in [-0.1, -0.05) is 60.1 Å². The lowest BCUT2D eigenvalue weighted by Gasteiger charge is -2.25. The van der Waals surface area contributed by atoms with Gasteiger partial charge in [0, 0.05) is 16.1 Å². The van der Waals surface area contributed by atoms with Crippen LogP contribution in [0.25, 0.3) is 0 Å². The zero-order valence-electron chi connectivity index (χ0n) is 21.5. The molecule has 0 aliphatic rings. The van der Waals surface area contributed by atoms with Crippen LogP contribution < -0.4 is 14.8 Å². The molecular formula is C29H37ClN2O3. The standard InChI is InChI=1S/C16H19NO2.C13H18ClNO/c1-17(2)13-16(18-14-9-5-3-6-10-14)19-15-11-7-4-8-12-15;1-9(15-13(2,3)4)12(16)10-6-5-7-11(14)8-10/h3-12,16H,13H2,1-2H3;5-9,15H,1-4H3. The molecule has 188 valence electrons. The normalized spacial score (nSPS) is 12.0. The lowest BCUT2D eigenvalue weighted by molar-refractivity contribution is -0.0116. The van der Waals surface area contributed by atoms with E-state index in [2.05, 4.69) is 5.32 Å². The van der Waals surface area contributed by atoms with Crippen LogP contribution in [0.1, 0.15) is 38.1 Å². The molecule has 3 aromatic rings. The first-order valence-corrected chi connectivity index (χ1v) is 12.1. The van der Waals surface area contributed by atoms with Crippen LogP contribution in [0.2, 0.25) is 5.02 Å². The van der Waals surface area contributed by atoms with Gasteiger partial charge in [-0.15, -0.1) is 0 Å². The van der Waals surface area contributed by atoms with Gasteiger partial charge in [0.2, 0.25) is 0 Å². The number of carbonyl (C=O) groups is 1. The Morgan fingerprint density at radius 2 is 1.40 bits per heavy atom. The summed E-state index contributed by atoms with van der Waals surface area (Å²) >= 11 is 5.85. The third-order valence-electron chi connectivity index (χ3n) is 4.69. The molecule has 0 saturated carbocycles. The van der Waals surface area contributed by atoms with Crippen molar-refractivity contribution in [3.8, 4) is 11.5 Å². The molecule has 0 bridgehead atoms. The molecule has 0 radical (unpaired) electrons. The molecule has 0 heterocycles. The van der Waals surface area contributed by atoms with E-state index in [0.717, 1.165) is 11.5 Å². The van der Waals surface area contributed by atoms with E-state index in [1.165, 1.54) is 0 Å². The Hall–Kier alpha value is -2.86. The summed E-state index contributed by atoms with van der Waals surface area (Å²) in [6.45, 7) is 8.66. The van der Waals surface area contributed by atoms with Crippen LogP contribution in [0, 0.1) is 0 Å². The molecule has 0 aliphatic heterocycles. The van der Waals surface area contributed by atoms with Crippen LogP contribution >= 0.6 is 11.6 Å². The largest absolute Gasteiger partial charge is 0.454 e. The number of likely N-dealkylation sites (N-methyl/N-ethyl adjacent to an activating group) is 1. The predicted molar refractivity (Wildman–Crippen MR) is 145 cm³/mol. The van der Waals surface area contributed by atoms with Crippen LogP contribution in [0.5, 0.6) is 11.5 Å². The zero-order chi connectivity index (χ0) is 25.8. The minimum Gasteiger partial charge on any atom is -0.454 e. The first-order valence-electron chi connectivity index (χ1n) is 11.7. The molecule has 3 rings (SSSR count). The Bertz CT molecular complexity index is 979. The van der Waals surface area contributed by atoms with Crippen LogP contribution in [-0.2, 0) is 0 Å². The van der Waals surface area contributed by atoms with Crippen molar-refractivity contribution in [1.29, 1.82) is 0 Å². The van der Waals surface area contributed by atoms with Crippen molar-refractivity contribution in [2.75, 3.05) is 20.6 Å². The van der Waals surface area contributed by atoms with Gasteiger partial charge in [-0.2, -0.15) is 0 Å². The number of nitrogens with one attached hydrogen (secondary N) is 1. The van der Waals surface area contributed by atoms with Gasteiger partial charge in [0.25, 0.3) is 6.29 Å². The van der Waals surface area contributed by atoms with Gasteiger partial charge in [-0.3, -0.25) is 4.79 Å². The molecule has 1 atom stereocenters. The number of hydrogen-bond acceptors (Lipinski definition) is 5. The number of carbonyl (C=O) groups excluding carboxylic acids is 1. The van der Waals surface area contributed by atoms with Gasteiger partial charge < -0.3 is 19.7 Å². The van der Waals surface area contributed by atoms with E-state index in [-0.39, 0.29) is 23.7 Å². The first-order chi connectivity index (χ1) is 16.5. The van der Waals surface area contributed by atoms with E-state index in [0.29, 0.717) is 17.1 Å². The average molecular weight is 497 g/mol. The summed E-state index contributed by atoms with van der Waals surface area (Å²) in [5.41, 5.74) is 0.574. The van der Waals surface area contributed by atoms with Crippen molar-refractivity contribution in [2.24, 2.45) is 0 Å². The van der Waals surface area contributed by atoms with Crippen molar-refractivity contribution in [2.45, 2.75) is 45.6 Å². The lowest BCUT2D eigenvalue weighted by Crippen LogP contribution is -2.46. The van der Waals surface area contributed by atoms with Gasteiger partial charge in [-0.05, 0) is 78.2 Å². The average Bonchev–Trinajstić information content (AvgIpc) is 2.79. The topological polar surface area (TPSA) is 50.8 Å². The third-order valence-corrected chi connectivity index (χ3v) is 4.92. The van der Waals surface area contributed by atoms with Gasteiger partial charge >= 0.3 is 0 Å². The number of nitrogens with zero attached hydrogens (tertiary/aromatic N) is 1. The fourth-order valence-electron chi connectivity index (χ4n) is 3.31. The van der Waals surface area contributed by atoms with E-state index < -0.39 is 0 Å². The van der Waals surface area contributed by atoms with Crippen molar-refractivity contribution in [1.82, 2.24) is 10.2 Å². The number of rotatable bonds is 9. The molecule has 0 spiro atoms. The molecule has 0 aliphatic carbocycles. The summed E-state index contributed by atoms with van der Waals surface area (Å²) in [5.74, 6) is 1.69. The number of halogens is 1. The molecule has 0 aromatic heterocycles. The summed E-state index contributed by atoms with van der Waals surface area (Å²) < 4.78 is 11.7. The highest BCUT2D eigenvalue weighted by atomic mass is 35.5. The molecule has 0 fully saturated rings. The SMILES string of the molecule is CC(NC(C)(C)C)C(=O)c1cccc(Cl)c1.CN(C)CC(Oc1ccccc1)Oc1ccccc1. The molecule has 0 saturated heterocycles. The number of Topliss-reactive ketones (excluding diaryl/α,β-unsaturated/α-hetero) is 1. The van der Waals surface area contributed by atoms with E-state index >= 15 is 0 Å². The van der Waals surface area contributed by atoms with E-state index in [1.807, 2.05) is 107 Å². The van der Waals surface area contributed by atoms with E-state index in [1.54, 1.807) is 24.3 Å². The summed E-state index contributed by atoms with van der Waals surface area (Å²) in [6.07, 6.45) is -0.334. The van der Waals surface area contributed by atoms with Crippen LogP contribution in [0.15, 0.2) is 84.9 Å². The van der Waals surface area contributed by atoms with Crippen LogP contribution in [0.3, 0.4) is 0 Å². The molecule has 3 aromatic carbocycles. The van der Waals surface area contributed by atoms with E-state index in [4.69, 9.17) is 21.1 Å². The Kier molecular flexibility index (Phi) is 11.3. The molecule has 0 amide bonds. The van der Waals surface area contributed by atoms with Gasteiger partial charge in [0.15, 0.2) is 5.78 Å². The highest BCUT2D eigenvalue weighted by molar-refractivity contribution is 6.31. The molecule has 6 heteroatoms.